The first-order chi connectivity index (χ1) is 14.5. The molecule has 5 N–H and O–H groups in total. The van der Waals surface area contributed by atoms with Crippen molar-refractivity contribution in [2.45, 2.75) is 26.4 Å². The molecule has 0 saturated heterocycles. The zero-order valence-electron chi connectivity index (χ0n) is 17.1. The van der Waals surface area contributed by atoms with Crippen LogP contribution in [0.25, 0.3) is 10.6 Å². The number of nitrogens with zero attached hydrogens (tertiary/aromatic N) is 2. The van der Waals surface area contributed by atoms with E-state index in [4.69, 9.17) is 35.8 Å². The number of pyridine rings is 1. The zero-order valence-corrected chi connectivity index (χ0v) is 17.9. The van der Waals surface area contributed by atoms with Crippen LogP contribution in [-0.4, -0.2) is 35.4 Å². The van der Waals surface area contributed by atoms with Gasteiger partial charge in [-0.2, -0.15) is 0 Å². The summed E-state index contributed by atoms with van der Waals surface area (Å²) in [6.45, 7) is 2.55. The van der Waals surface area contributed by atoms with Crippen molar-refractivity contribution in [1.29, 1.82) is 0 Å². The molecule has 0 atom stereocenters. The number of aromatic nitrogens is 2. The number of nitrogens with two attached hydrogens (primary N) is 2. The highest BCUT2D eigenvalue weighted by Crippen LogP contribution is 2.36. The van der Waals surface area contributed by atoms with Crippen molar-refractivity contribution in [1.82, 2.24) is 9.97 Å². The first kappa shape index (κ1) is 21.7. The van der Waals surface area contributed by atoms with E-state index in [9.17, 15) is 0 Å². The zero-order chi connectivity index (χ0) is 21.5. The number of aliphatic hydroxyl groups excluding tert-OH is 1. The summed E-state index contributed by atoms with van der Waals surface area (Å²) in [5, 5.41) is 9.92. The van der Waals surface area contributed by atoms with E-state index in [1.54, 1.807) is 30.6 Å². The van der Waals surface area contributed by atoms with E-state index in [0.29, 0.717) is 35.5 Å². The molecule has 0 unspecified atom stereocenters. The second-order valence-electron chi connectivity index (χ2n) is 6.52. The van der Waals surface area contributed by atoms with Gasteiger partial charge in [0, 0.05) is 22.6 Å². The number of aryl methyl sites for hydroxylation is 1. The molecule has 2 aromatic heterocycles. The van der Waals surface area contributed by atoms with Crippen LogP contribution < -0.4 is 25.7 Å². The number of ether oxygens (including phenoxy) is 3. The van der Waals surface area contributed by atoms with Crippen LogP contribution in [0.2, 0.25) is 0 Å². The number of nitrogen functional groups attached to an aromatic ring is 2. The Morgan fingerprint density at radius 2 is 1.80 bits per heavy atom. The molecule has 9 heteroatoms. The Labute approximate surface area is 179 Å². The minimum Gasteiger partial charge on any atom is -0.493 e. The average molecular weight is 431 g/mol. The molecule has 0 aliphatic rings. The Bertz CT molecular complexity index is 973. The fourth-order valence-electron chi connectivity index (χ4n) is 2.90. The predicted octanol–water partition coefficient (Wildman–Crippen LogP) is 3.28. The van der Waals surface area contributed by atoms with Gasteiger partial charge < -0.3 is 30.8 Å². The Hall–Kier alpha value is -3.04. The van der Waals surface area contributed by atoms with Crippen molar-refractivity contribution in [3.05, 3.63) is 40.9 Å². The van der Waals surface area contributed by atoms with Crippen LogP contribution in [0.5, 0.6) is 17.2 Å². The van der Waals surface area contributed by atoms with E-state index in [-0.39, 0.29) is 13.2 Å². The van der Waals surface area contributed by atoms with Gasteiger partial charge in [0.25, 0.3) is 0 Å². The van der Waals surface area contributed by atoms with E-state index in [2.05, 4.69) is 11.9 Å². The normalized spacial score (nSPS) is 10.8. The molecule has 0 amide bonds. The molecule has 0 spiro atoms. The van der Waals surface area contributed by atoms with Crippen LogP contribution in [0, 0.1) is 0 Å². The number of anilines is 2. The fraction of sp³-hybridized carbons (Fsp3) is 0.333. The molecule has 3 aromatic rings. The van der Waals surface area contributed by atoms with Gasteiger partial charge >= 0.3 is 0 Å². The van der Waals surface area contributed by atoms with Crippen LogP contribution in [0.4, 0.5) is 11.6 Å². The van der Waals surface area contributed by atoms with Crippen LogP contribution >= 0.6 is 11.3 Å². The van der Waals surface area contributed by atoms with Crippen LogP contribution in [0.3, 0.4) is 0 Å². The summed E-state index contributed by atoms with van der Waals surface area (Å²) in [5.74, 6) is 2.35. The summed E-state index contributed by atoms with van der Waals surface area (Å²) in [7, 11) is 1.58. The predicted molar refractivity (Wildman–Crippen MR) is 118 cm³/mol. The van der Waals surface area contributed by atoms with Gasteiger partial charge in [-0.25, -0.2) is 9.97 Å². The molecule has 3 rings (SSSR count). The molecule has 8 nitrogen and oxygen atoms in total. The van der Waals surface area contributed by atoms with Gasteiger partial charge in [0.2, 0.25) is 0 Å². The number of aliphatic hydroxyl groups is 1. The summed E-state index contributed by atoms with van der Waals surface area (Å²) in [4.78, 5) is 9.92. The Morgan fingerprint density at radius 1 is 1.03 bits per heavy atom. The second kappa shape index (κ2) is 10.1. The van der Waals surface area contributed by atoms with Gasteiger partial charge in [0.1, 0.15) is 35.6 Å². The lowest BCUT2D eigenvalue weighted by molar-refractivity contribution is 0.196. The number of hydrogen-bond donors (Lipinski definition) is 3. The van der Waals surface area contributed by atoms with E-state index in [0.717, 1.165) is 34.0 Å². The highest BCUT2D eigenvalue weighted by molar-refractivity contribution is 7.15. The standard InChI is InChI=1S/C21H26N4O4S/c1-3-4-18-15(12-29-14-10-19(22)25-20(23)11-14)24-21(30-18)13-5-6-16(27-2)17(9-13)28-8-7-26/h5-6,9-11,26H,3-4,7-8,12H2,1-2H3,(H4,22,23,25). The van der Waals surface area contributed by atoms with Gasteiger partial charge in [-0.15, -0.1) is 11.3 Å². The van der Waals surface area contributed by atoms with Crippen molar-refractivity contribution in [2.24, 2.45) is 0 Å². The maximum atomic E-state index is 9.05. The molecular formula is C21H26N4O4S. The number of methoxy groups -OCH3 is 1. The summed E-state index contributed by atoms with van der Waals surface area (Å²) < 4.78 is 16.8. The minimum absolute atomic E-state index is 0.0726. The highest BCUT2D eigenvalue weighted by atomic mass is 32.1. The molecule has 0 saturated carbocycles. The molecular weight excluding hydrogens is 404 g/mol. The van der Waals surface area contributed by atoms with Crippen molar-refractivity contribution < 1.29 is 19.3 Å². The van der Waals surface area contributed by atoms with Gasteiger partial charge in [-0.3, -0.25) is 0 Å². The van der Waals surface area contributed by atoms with E-state index >= 15 is 0 Å². The van der Waals surface area contributed by atoms with Crippen molar-refractivity contribution >= 4 is 23.0 Å². The molecule has 0 aliphatic heterocycles. The van der Waals surface area contributed by atoms with E-state index in [1.807, 2.05) is 18.2 Å². The first-order valence-corrected chi connectivity index (χ1v) is 10.4. The number of hydrogen-bond acceptors (Lipinski definition) is 9. The Kier molecular flexibility index (Phi) is 7.31. The molecule has 0 bridgehead atoms. The smallest absolute Gasteiger partial charge is 0.161 e. The molecule has 0 aliphatic carbocycles. The molecule has 0 radical (unpaired) electrons. The van der Waals surface area contributed by atoms with Crippen molar-refractivity contribution in [2.75, 3.05) is 31.8 Å². The fourth-order valence-corrected chi connectivity index (χ4v) is 4.06. The third-order valence-corrected chi connectivity index (χ3v) is 5.44. The van der Waals surface area contributed by atoms with Crippen molar-refractivity contribution in [3.63, 3.8) is 0 Å². The Balaban J connectivity index is 1.86. The highest BCUT2D eigenvalue weighted by Gasteiger charge is 2.15. The molecule has 160 valence electrons. The number of thiazole rings is 1. The van der Waals surface area contributed by atoms with Gasteiger partial charge in [-0.1, -0.05) is 13.3 Å². The number of benzene rings is 1. The lowest BCUT2D eigenvalue weighted by Crippen LogP contribution is -2.03. The summed E-state index contributed by atoms with van der Waals surface area (Å²) in [6, 6.07) is 8.92. The van der Waals surface area contributed by atoms with Crippen LogP contribution in [-0.2, 0) is 13.0 Å². The summed E-state index contributed by atoms with van der Waals surface area (Å²) in [6.07, 6.45) is 1.90. The quantitative estimate of drug-likeness (QED) is 0.447. The third-order valence-electron chi connectivity index (χ3n) is 4.23. The number of rotatable bonds is 10. The summed E-state index contributed by atoms with van der Waals surface area (Å²) >= 11 is 1.63. The van der Waals surface area contributed by atoms with E-state index in [1.165, 1.54) is 0 Å². The average Bonchev–Trinajstić information content (AvgIpc) is 3.13. The Morgan fingerprint density at radius 3 is 2.47 bits per heavy atom. The lowest BCUT2D eigenvalue weighted by Gasteiger charge is -2.10. The molecule has 1 aromatic carbocycles. The van der Waals surface area contributed by atoms with Gasteiger partial charge in [0.05, 0.1) is 19.4 Å². The maximum absolute atomic E-state index is 9.05. The minimum atomic E-state index is -0.0726. The molecule has 0 fully saturated rings. The van der Waals surface area contributed by atoms with Gasteiger partial charge in [-0.05, 0) is 24.6 Å². The summed E-state index contributed by atoms with van der Waals surface area (Å²) in [5.41, 5.74) is 13.3. The second-order valence-corrected chi connectivity index (χ2v) is 7.60. The lowest BCUT2D eigenvalue weighted by atomic mass is 10.2. The van der Waals surface area contributed by atoms with Crippen LogP contribution in [0.15, 0.2) is 30.3 Å². The first-order valence-electron chi connectivity index (χ1n) is 9.60. The monoisotopic (exact) mass is 430 g/mol. The largest absolute Gasteiger partial charge is 0.493 e. The topological polar surface area (TPSA) is 126 Å². The van der Waals surface area contributed by atoms with E-state index < -0.39 is 0 Å². The molecule has 30 heavy (non-hydrogen) atoms. The third kappa shape index (κ3) is 5.31. The maximum Gasteiger partial charge on any atom is 0.161 e. The SMILES string of the molecule is CCCc1sc(-c2ccc(OC)c(OCCO)c2)nc1COc1cc(N)nc(N)c1. The van der Waals surface area contributed by atoms with Gasteiger partial charge in [0.15, 0.2) is 11.5 Å². The molecule has 2 heterocycles. The van der Waals surface area contributed by atoms with Crippen molar-refractivity contribution in [3.8, 4) is 27.8 Å². The van der Waals surface area contributed by atoms with Crippen LogP contribution in [0.1, 0.15) is 23.9 Å².